The van der Waals surface area contributed by atoms with Crippen LogP contribution in [0.1, 0.15) is 18.3 Å². The zero-order valence-corrected chi connectivity index (χ0v) is 18.9. The molecular weight excluding hydrogens is 457 g/mol. The van der Waals surface area contributed by atoms with Crippen LogP contribution in [0.4, 0.5) is 10.1 Å². The van der Waals surface area contributed by atoms with Gasteiger partial charge >= 0.3 is 0 Å². The van der Waals surface area contributed by atoms with Gasteiger partial charge in [0.25, 0.3) is 10.2 Å². The van der Waals surface area contributed by atoms with Gasteiger partial charge in [-0.2, -0.15) is 17.4 Å². The van der Waals surface area contributed by atoms with Crippen LogP contribution in [0.2, 0.25) is 5.02 Å². The minimum Gasteiger partial charge on any atom is -0.330 e. The summed E-state index contributed by atoms with van der Waals surface area (Å²) >= 11 is 5.78. The number of carbonyl (C=O) groups is 1. The number of hydrogen-bond acceptors (Lipinski definition) is 4. The first kappa shape index (κ1) is 22.4. The van der Waals surface area contributed by atoms with E-state index >= 15 is 0 Å². The molecule has 4 rings (SSSR count). The van der Waals surface area contributed by atoms with Crippen LogP contribution in [0.15, 0.2) is 54.7 Å². The van der Waals surface area contributed by atoms with Gasteiger partial charge in [-0.05, 0) is 30.2 Å². The highest BCUT2D eigenvalue weighted by molar-refractivity contribution is 7.87. The molecule has 1 aromatic heterocycles. The van der Waals surface area contributed by atoms with Crippen molar-refractivity contribution in [3.8, 4) is 11.3 Å². The lowest BCUT2D eigenvalue weighted by molar-refractivity contribution is -0.120. The van der Waals surface area contributed by atoms with Crippen LogP contribution in [-0.2, 0) is 22.1 Å². The van der Waals surface area contributed by atoms with Crippen molar-refractivity contribution in [2.75, 3.05) is 12.4 Å². The first-order valence-electron chi connectivity index (χ1n) is 9.75. The van der Waals surface area contributed by atoms with Crippen LogP contribution >= 0.6 is 11.6 Å². The third-order valence-corrected chi connectivity index (χ3v) is 7.35. The Morgan fingerprint density at radius 1 is 1.22 bits per heavy atom. The molecule has 3 aromatic rings. The van der Waals surface area contributed by atoms with E-state index in [-0.39, 0.29) is 17.1 Å². The van der Waals surface area contributed by atoms with Crippen molar-refractivity contribution in [3.05, 3.63) is 71.4 Å². The summed E-state index contributed by atoms with van der Waals surface area (Å²) in [4.78, 5) is 17.4. The third-order valence-electron chi connectivity index (χ3n) is 5.46. The fraction of sp³-hybridized carbons (Fsp3) is 0.238. The first-order chi connectivity index (χ1) is 15.2. The van der Waals surface area contributed by atoms with Gasteiger partial charge < -0.3 is 9.88 Å². The van der Waals surface area contributed by atoms with E-state index in [1.54, 1.807) is 13.2 Å². The van der Waals surface area contributed by atoms with Gasteiger partial charge in [-0.15, -0.1) is 0 Å². The summed E-state index contributed by atoms with van der Waals surface area (Å²) in [5, 5.41) is 2.47. The second-order valence-electron chi connectivity index (χ2n) is 7.49. The fourth-order valence-corrected chi connectivity index (χ4v) is 5.13. The van der Waals surface area contributed by atoms with Gasteiger partial charge in [-0.1, -0.05) is 41.9 Å². The summed E-state index contributed by atoms with van der Waals surface area (Å²) in [6, 6.07) is 11.6. The minimum absolute atomic E-state index is 0.145. The number of rotatable bonds is 4. The predicted molar refractivity (Wildman–Crippen MR) is 120 cm³/mol. The second kappa shape index (κ2) is 8.62. The molecule has 8 nitrogen and oxygen atoms in total. The van der Waals surface area contributed by atoms with Crippen LogP contribution in [0.5, 0.6) is 0 Å². The molecule has 2 atom stereocenters. The monoisotopic (exact) mass is 477 g/mol. The van der Waals surface area contributed by atoms with E-state index in [0.29, 0.717) is 5.82 Å². The molecule has 32 heavy (non-hydrogen) atoms. The Morgan fingerprint density at radius 3 is 2.62 bits per heavy atom. The van der Waals surface area contributed by atoms with Gasteiger partial charge in [-0.3, -0.25) is 4.79 Å². The largest absolute Gasteiger partial charge is 0.330 e. The number of imidazole rings is 1. The highest BCUT2D eigenvalue weighted by Gasteiger charge is 2.42. The molecule has 0 bridgehead atoms. The fourth-order valence-electron chi connectivity index (χ4n) is 3.70. The smallest absolute Gasteiger partial charge is 0.280 e. The summed E-state index contributed by atoms with van der Waals surface area (Å²) in [5.74, 6) is -0.679. The highest BCUT2D eigenvalue weighted by atomic mass is 35.5. The number of likely N-dealkylation sites (N-methyl/N-ethyl adjacent to an activating group) is 1. The van der Waals surface area contributed by atoms with Crippen LogP contribution in [0.3, 0.4) is 0 Å². The van der Waals surface area contributed by atoms with Crippen LogP contribution < -0.4 is 10.0 Å². The molecule has 1 saturated heterocycles. The number of halogens is 2. The second-order valence-corrected chi connectivity index (χ2v) is 9.66. The lowest BCUT2D eigenvalue weighted by Gasteiger charge is -2.35. The normalized spacial score (nSPS) is 20.8. The number of carbonyl (C=O) groups excluding carboxylic acids is 1. The third kappa shape index (κ3) is 4.26. The number of anilines is 1. The van der Waals surface area contributed by atoms with Crippen LogP contribution in [0.25, 0.3) is 11.3 Å². The molecule has 1 amide bonds. The van der Waals surface area contributed by atoms with Gasteiger partial charge in [0, 0.05) is 19.8 Å². The maximum Gasteiger partial charge on any atom is 0.280 e. The van der Waals surface area contributed by atoms with Crippen molar-refractivity contribution < 1.29 is 17.6 Å². The van der Waals surface area contributed by atoms with E-state index in [0.717, 1.165) is 21.6 Å². The molecule has 0 aliphatic carbocycles. The van der Waals surface area contributed by atoms with Gasteiger partial charge in [0.15, 0.2) is 0 Å². The Morgan fingerprint density at radius 2 is 1.94 bits per heavy atom. The molecule has 0 radical (unpaired) electrons. The standard InChI is InChI=1S/C21H21ClFN5O3S/c1-27-19(13-6-4-3-5-7-13)12-24-20(27)17-11-18(28(2)32(30,31)26-17)21(29)25-14-8-9-16(23)15(22)10-14/h3-10,12,17-18,26H,11H2,1-2H3,(H,25,29). The topological polar surface area (TPSA) is 96.3 Å². The quantitative estimate of drug-likeness (QED) is 0.603. The molecule has 0 saturated carbocycles. The average molecular weight is 478 g/mol. The number of benzene rings is 2. The molecule has 1 aliphatic rings. The van der Waals surface area contributed by atoms with Crippen LogP contribution in [-0.4, -0.2) is 41.3 Å². The Balaban J connectivity index is 1.61. The first-order valence-corrected chi connectivity index (χ1v) is 11.6. The molecule has 1 fully saturated rings. The summed E-state index contributed by atoms with van der Waals surface area (Å²) in [5.41, 5.74) is 2.03. The molecule has 2 unspecified atom stereocenters. The van der Waals surface area contributed by atoms with E-state index in [4.69, 9.17) is 11.6 Å². The summed E-state index contributed by atoms with van der Waals surface area (Å²) in [6.07, 6.45) is 1.82. The van der Waals surface area contributed by atoms with E-state index in [9.17, 15) is 17.6 Å². The van der Waals surface area contributed by atoms with Crippen molar-refractivity contribution in [1.82, 2.24) is 18.6 Å². The molecule has 11 heteroatoms. The van der Waals surface area contributed by atoms with Gasteiger partial charge in [0.05, 0.1) is 23.0 Å². The Bertz CT molecular complexity index is 1270. The zero-order valence-electron chi connectivity index (χ0n) is 17.3. The van der Waals surface area contributed by atoms with Gasteiger partial charge in [-0.25, -0.2) is 9.37 Å². The summed E-state index contributed by atoms with van der Waals surface area (Å²) in [7, 11) is -0.823. The van der Waals surface area contributed by atoms with E-state index in [1.165, 1.54) is 19.2 Å². The summed E-state index contributed by atoms with van der Waals surface area (Å²) < 4.78 is 44.3. The molecule has 2 N–H and O–H groups in total. The van der Waals surface area contributed by atoms with E-state index in [2.05, 4.69) is 15.0 Å². The van der Waals surface area contributed by atoms with Crippen molar-refractivity contribution in [2.24, 2.45) is 7.05 Å². The number of amides is 1. The highest BCUT2D eigenvalue weighted by Crippen LogP contribution is 2.30. The Labute approximate surface area is 190 Å². The van der Waals surface area contributed by atoms with Gasteiger partial charge in [0.1, 0.15) is 17.7 Å². The molecule has 2 aromatic carbocycles. The molecule has 0 spiro atoms. The van der Waals surface area contributed by atoms with E-state index in [1.807, 2.05) is 34.9 Å². The van der Waals surface area contributed by atoms with Crippen molar-refractivity contribution >= 4 is 33.4 Å². The lowest BCUT2D eigenvalue weighted by Crippen LogP contribution is -2.56. The maximum atomic E-state index is 13.4. The van der Waals surface area contributed by atoms with E-state index < -0.39 is 34.0 Å². The molecular formula is C21H21ClFN5O3S. The van der Waals surface area contributed by atoms with Crippen molar-refractivity contribution in [1.29, 1.82) is 0 Å². The number of nitrogens with one attached hydrogen (secondary N) is 2. The predicted octanol–water partition coefficient (Wildman–Crippen LogP) is 3.10. The number of nitrogens with zero attached hydrogens (tertiary/aromatic N) is 3. The van der Waals surface area contributed by atoms with Crippen LogP contribution in [0, 0.1) is 5.82 Å². The number of hydrogen-bond donors (Lipinski definition) is 2. The van der Waals surface area contributed by atoms with Crippen molar-refractivity contribution in [3.63, 3.8) is 0 Å². The Hall–Kier alpha value is -2.79. The van der Waals surface area contributed by atoms with Crippen molar-refractivity contribution in [2.45, 2.75) is 18.5 Å². The molecule has 2 heterocycles. The molecule has 1 aliphatic heterocycles. The lowest BCUT2D eigenvalue weighted by atomic mass is 10.1. The number of aromatic nitrogens is 2. The summed E-state index contributed by atoms with van der Waals surface area (Å²) in [6.45, 7) is 0. The Kier molecular flexibility index (Phi) is 6.04. The zero-order chi connectivity index (χ0) is 23.0. The SMILES string of the molecule is CN1C(C(=O)Nc2ccc(F)c(Cl)c2)CC(c2ncc(-c3ccccc3)n2C)NS1(=O)=O. The minimum atomic E-state index is -3.95. The molecule has 168 valence electrons. The van der Waals surface area contributed by atoms with Gasteiger partial charge in [0.2, 0.25) is 5.91 Å². The maximum absolute atomic E-state index is 13.4. The average Bonchev–Trinajstić information content (AvgIpc) is 3.14.